The van der Waals surface area contributed by atoms with E-state index in [0.717, 1.165) is 17.8 Å². The van der Waals surface area contributed by atoms with Crippen molar-refractivity contribution in [3.05, 3.63) is 21.9 Å². The van der Waals surface area contributed by atoms with E-state index in [0.29, 0.717) is 5.60 Å². The normalized spacial score (nSPS) is 52.2. The Morgan fingerprint density at radius 2 is 2.22 bits per heavy atom. The Kier molecular flexibility index (Phi) is 1.76. The van der Waals surface area contributed by atoms with E-state index >= 15 is 0 Å². The molecule has 1 aliphatic heterocycles. The van der Waals surface area contributed by atoms with Gasteiger partial charge in [-0.05, 0) is 80.2 Å². The van der Waals surface area contributed by atoms with Gasteiger partial charge in [-0.25, -0.2) is 0 Å². The van der Waals surface area contributed by atoms with Crippen molar-refractivity contribution < 1.29 is 4.74 Å². The molecule has 0 radical (unpaired) electrons. The van der Waals surface area contributed by atoms with E-state index in [2.05, 4.69) is 18.4 Å². The summed E-state index contributed by atoms with van der Waals surface area (Å²) in [5, 5.41) is 2.31. The first-order valence-corrected chi connectivity index (χ1v) is 8.38. The third-order valence-corrected chi connectivity index (χ3v) is 7.61. The van der Waals surface area contributed by atoms with Crippen LogP contribution in [0.5, 0.6) is 0 Å². The minimum Gasteiger partial charge on any atom is -0.363 e. The zero-order valence-corrected chi connectivity index (χ0v) is 11.8. The van der Waals surface area contributed by atoms with E-state index in [1.54, 1.807) is 10.4 Å². The Morgan fingerprint density at radius 3 is 3.11 bits per heavy atom. The van der Waals surface area contributed by atoms with Crippen molar-refractivity contribution in [3.8, 4) is 0 Å². The van der Waals surface area contributed by atoms with Crippen LogP contribution in [0.15, 0.2) is 11.4 Å². The van der Waals surface area contributed by atoms with Crippen LogP contribution in [-0.2, 0) is 11.2 Å². The Bertz CT molecular complexity index is 521. The third kappa shape index (κ3) is 1.01. The van der Waals surface area contributed by atoms with E-state index in [1.165, 1.54) is 38.5 Å². The van der Waals surface area contributed by atoms with Crippen LogP contribution in [0.1, 0.15) is 55.4 Å². The molecule has 3 fully saturated rings. The number of aryl methyl sites for hydroxylation is 1. The van der Waals surface area contributed by atoms with Crippen LogP contribution in [0.2, 0.25) is 0 Å². The first-order valence-electron chi connectivity index (χ1n) is 7.50. The van der Waals surface area contributed by atoms with E-state index in [4.69, 9.17) is 4.74 Å². The monoisotopic (exact) mass is 260 g/mol. The molecule has 4 aliphatic rings. The fourth-order valence-electron chi connectivity index (χ4n) is 5.63. The molecule has 2 saturated carbocycles. The molecule has 96 valence electrons. The molecular weight excluding hydrogens is 240 g/mol. The average Bonchev–Trinajstić information content (AvgIpc) is 2.75. The largest absolute Gasteiger partial charge is 0.363 e. The van der Waals surface area contributed by atoms with Crippen molar-refractivity contribution in [1.29, 1.82) is 0 Å². The molecule has 0 N–H and O–H groups in total. The number of ether oxygens (including phenoxy) is 1. The summed E-state index contributed by atoms with van der Waals surface area (Å²) in [6.45, 7) is 2.37. The van der Waals surface area contributed by atoms with Crippen LogP contribution in [0.3, 0.4) is 0 Å². The van der Waals surface area contributed by atoms with Crippen LogP contribution in [-0.4, -0.2) is 11.2 Å². The van der Waals surface area contributed by atoms with E-state index in [9.17, 15) is 0 Å². The molecule has 1 nitrogen and oxygen atoms in total. The van der Waals surface area contributed by atoms with Gasteiger partial charge in [0.2, 0.25) is 0 Å². The SMILES string of the molecule is CC12CCC3C4CCc5ccsc5C4CCC31O2. The molecule has 5 atom stereocenters. The number of hydrogen-bond donors (Lipinski definition) is 0. The number of epoxide rings is 1. The maximum atomic E-state index is 6.25. The second-order valence-corrected chi connectivity index (χ2v) is 7.97. The first-order chi connectivity index (χ1) is 8.74. The molecule has 2 heteroatoms. The van der Waals surface area contributed by atoms with E-state index in [1.807, 2.05) is 11.3 Å². The van der Waals surface area contributed by atoms with Gasteiger partial charge in [0, 0.05) is 4.88 Å². The number of rotatable bonds is 0. The molecule has 0 amide bonds. The second-order valence-electron chi connectivity index (χ2n) is 7.03. The van der Waals surface area contributed by atoms with Crippen molar-refractivity contribution >= 4 is 11.3 Å². The van der Waals surface area contributed by atoms with Gasteiger partial charge < -0.3 is 4.74 Å². The molecule has 3 aliphatic carbocycles. The fourth-order valence-corrected chi connectivity index (χ4v) is 6.79. The summed E-state index contributed by atoms with van der Waals surface area (Å²) in [6.07, 6.45) is 8.19. The van der Waals surface area contributed by atoms with Crippen LogP contribution in [0.25, 0.3) is 0 Å². The molecular formula is C16H20OS. The molecule has 18 heavy (non-hydrogen) atoms. The summed E-state index contributed by atoms with van der Waals surface area (Å²) in [5.41, 5.74) is 2.26. The Hall–Kier alpha value is -0.340. The van der Waals surface area contributed by atoms with E-state index in [-0.39, 0.29) is 5.60 Å². The minimum absolute atomic E-state index is 0.276. The summed E-state index contributed by atoms with van der Waals surface area (Å²) < 4.78 is 6.25. The van der Waals surface area contributed by atoms with Crippen molar-refractivity contribution in [2.45, 2.75) is 62.6 Å². The van der Waals surface area contributed by atoms with Crippen molar-refractivity contribution in [2.75, 3.05) is 0 Å². The first kappa shape index (κ1) is 10.4. The molecule has 0 bridgehead atoms. The van der Waals surface area contributed by atoms with Gasteiger partial charge in [0.15, 0.2) is 0 Å². The summed E-state index contributed by atoms with van der Waals surface area (Å²) >= 11 is 2.02. The topological polar surface area (TPSA) is 12.5 Å². The number of thiophene rings is 1. The van der Waals surface area contributed by atoms with Crippen LogP contribution < -0.4 is 0 Å². The highest BCUT2D eigenvalue weighted by atomic mass is 32.1. The molecule has 0 aromatic carbocycles. The molecule has 5 unspecified atom stereocenters. The number of fused-ring (bicyclic) bond motifs is 4. The predicted octanol–water partition coefficient (Wildman–Crippen LogP) is 4.13. The van der Waals surface area contributed by atoms with E-state index < -0.39 is 0 Å². The summed E-state index contributed by atoms with van der Waals surface area (Å²) in [4.78, 5) is 1.73. The van der Waals surface area contributed by atoms with Crippen LogP contribution >= 0.6 is 11.3 Å². The number of hydrogen-bond acceptors (Lipinski definition) is 2. The maximum Gasteiger partial charge on any atom is 0.101 e. The van der Waals surface area contributed by atoms with Gasteiger partial charge in [-0.2, -0.15) is 0 Å². The molecule has 1 aromatic heterocycles. The Labute approximate surface area is 113 Å². The van der Waals surface area contributed by atoms with Gasteiger partial charge in [0.05, 0.1) is 5.60 Å². The average molecular weight is 260 g/mol. The van der Waals surface area contributed by atoms with Crippen molar-refractivity contribution in [1.82, 2.24) is 0 Å². The van der Waals surface area contributed by atoms with Gasteiger partial charge >= 0.3 is 0 Å². The molecule has 5 rings (SSSR count). The fraction of sp³-hybridized carbons (Fsp3) is 0.750. The second kappa shape index (κ2) is 3.04. The predicted molar refractivity (Wildman–Crippen MR) is 73.1 cm³/mol. The highest BCUT2D eigenvalue weighted by Crippen LogP contribution is 2.71. The lowest BCUT2D eigenvalue weighted by atomic mass is 9.61. The molecule has 1 spiro atoms. The summed E-state index contributed by atoms with van der Waals surface area (Å²) in [7, 11) is 0. The van der Waals surface area contributed by atoms with Crippen LogP contribution in [0, 0.1) is 11.8 Å². The Balaban J connectivity index is 1.56. The molecule has 1 saturated heterocycles. The van der Waals surface area contributed by atoms with Gasteiger partial charge in [-0.3, -0.25) is 0 Å². The highest BCUT2D eigenvalue weighted by molar-refractivity contribution is 7.10. The minimum atomic E-state index is 0.276. The van der Waals surface area contributed by atoms with Gasteiger partial charge in [0.1, 0.15) is 5.60 Å². The zero-order chi connectivity index (χ0) is 12.0. The lowest BCUT2D eigenvalue weighted by Gasteiger charge is -2.43. The lowest BCUT2D eigenvalue weighted by Crippen LogP contribution is -2.40. The van der Waals surface area contributed by atoms with Gasteiger partial charge in [-0.15, -0.1) is 11.3 Å². The quantitative estimate of drug-likeness (QED) is 0.639. The third-order valence-electron chi connectivity index (χ3n) is 6.52. The molecule has 1 aromatic rings. The highest BCUT2D eigenvalue weighted by Gasteiger charge is 2.76. The van der Waals surface area contributed by atoms with Crippen molar-refractivity contribution in [2.24, 2.45) is 11.8 Å². The standard InChI is InChI=1S/C16H20OS/c1-15-7-5-13-11-3-2-10-6-9-18-14(10)12(11)4-8-16(13,15)17-15/h6,9,11-13H,2-5,7-8H2,1H3. The summed E-state index contributed by atoms with van der Waals surface area (Å²) in [5.74, 6) is 2.67. The summed E-state index contributed by atoms with van der Waals surface area (Å²) in [6, 6.07) is 2.37. The van der Waals surface area contributed by atoms with Gasteiger partial charge in [0.25, 0.3) is 0 Å². The van der Waals surface area contributed by atoms with Crippen molar-refractivity contribution in [3.63, 3.8) is 0 Å². The Morgan fingerprint density at radius 1 is 1.28 bits per heavy atom. The van der Waals surface area contributed by atoms with Crippen LogP contribution in [0.4, 0.5) is 0 Å². The smallest absolute Gasteiger partial charge is 0.101 e. The molecule has 2 heterocycles. The lowest BCUT2D eigenvalue weighted by molar-refractivity contribution is 0.0644. The van der Waals surface area contributed by atoms with Gasteiger partial charge in [-0.1, -0.05) is 0 Å². The maximum absolute atomic E-state index is 6.25. The zero-order valence-electron chi connectivity index (χ0n) is 10.9.